The lowest BCUT2D eigenvalue weighted by molar-refractivity contribution is -0.113. The molecule has 0 saturated heterocycles. The number of carbonyl (C=O) groups is 1. The fraction of sp³-hybridized carbons (Fsp3) is 0.364. The summed E-state index contributed by atoms with van der Waals surface area (Å²) in [4.78, 5) is 11.5. The van der Waals surface area contributed by atoms with Crippen LogP contribution in [0.1, 0.15) is 13.8 Å². The fourth-order valence-electron chi connectivity index (χ4n) is 1.13. The van der Waals surface area contributed by atoms with E-state index in [9.17, 15) is 17.6 Å². The number of nitrogens with one attached hydrogen (secondary N) is 1. The van der Waals surface area contributed by atoms with Gasteiger partial charge in [0.05, 0.1) is 10.9 Å². The molecule has 0 aromatic heterocycles. The predicted molar refractivity (Wildman–Crippen MR) is 71.7 cm³/mol. The Hall–Kier alpha value is -0.950. The molecule has 0 spiro atoms. The van der Waals surface area contributed by atoms with Gasteiger partial charge in [-0.2, -0.15) is 0 Å². The molecule has 1 N–H and O–H groups in total. The maximum absolute atomic E-state index is 13.4. The van der Waals surface area contributed by atoms with E-state index < -0.39 is 32.6 Å². The van der Waals surface area contributed by atoms with E-state index in [1.807, 2.05) is 0 Å². The van der Waals surface area contributed by atoms with Crippen molar-refractivity contribution in [1.29, 1.82) is 0 Å². The molecule has 0 aliphatic rings. The number of hydrogen-bond acceptors (Lipinski definition) is 3. The van der Waals surface area contributed by atoms with Gasteiger partial charge in [0, 0.05) is 4.47 Å². The summed E-state index contributed by atoms with van der Waals surface area (Å²) < 4.78 is 37.0. The van der Waals surface area contributed by atoms with Crippen LogP contribution in [0.3, 0.4) is 0 Å². The average Bonchev–Trinajstić information content (AvgIpc) is 2.21. The number of hydrogen-bond donors (Lipinski definition) is 1. The second-order valence-corrected chi connectivity index (χ2v) is 7.50. The number of carbonyl (C=O) groups excluding carboxylic acids is 1. The molecule has 0 unspecified atom stereocenters. The van der Waals surface area contributed by atoms with Crippen molar-refractivity contribution in [2.75, 3.05) is 11.1 Å². The van der Waals surface area contributed by atoms with Crippen LogP contribution < -0.4 is 5.32 Å². The molecule has 0 aliphatic heterocycles. The molecule has 18 heavy (non-hydrogen) atoms. The summed E-state index contributed by atoms with van der Waals surface area (Å²) in [6.45, 7) is 2.98. The van der Waals surface area contributed by atoms with E-state index in [0.29, 0.717) is 4.47 Å². The van der Waals surface area contributed by atoms with E-state index >= 15 is 0 Å². The van der Waals surface area contributed by atoms with Crippen LogP contribution in [0.15, 0.2) is 22.7 Å². The number of rotatable bonds is 4. The Morgan fingerprint density at radius 3 is 2.56 bits per heavy atom. The van der Waals surface area contributed by atoms with Gasteiger partial charge >= 0.3 is 0 Å². The normalized spacial score (nSPS) is 11.6. The number of amides is 1. The van der Waals surface area contributed by atoms with Crippen LogP contribution >= 0.6 is 15.9 Å². The highest BCUT2D eigenvalue weighted by Gasteiger charge is 2.21. The summed E-state index contributed by atoms with van der Waals surface area (Å²) in [6, 6.07) is 4.10. The molecule has 1 aromatic carbocycles. The van der Waals surface area contributed by atoms with Crippen molar-refractivity contribution in [3.05, 3.63) is 28.5 Å². The van der Waals surface area contributed by atoms with E-state index in [-0.39, 0.29) is 5.69 Å². The van der Waals surface area contributed by atoms with Crippen LogP contribution in [-0.4, -0.2) is 25.3 Å². The monoisotopic (exact) mass is 337 g/mol. The van der Waals surface area contributed by atoms with Crippen molar-refractivity contribution in [2.45, 2.75) is 19.1 Å². The average molecular weight is 338 g/mol. The van der Waals surface area contributed by atoms with Crippen molar-refractivity contribution in [3.63, 3.8) is 0 Å². The zero-order chi connectivity index (χ0) is 13.9. The van der Waals surface area contributed by atoms with Crippen molar-refractivity contribution < 1.29 is 17.6 Å². The van der Waals surface area contributed by atoms with E-state index in [4.69, 9.17) is 0 Å². The van der Waals surface area contributed by atoms with E-state index in [2.05, 4.69) is 21.2 Å². The Morgan fingerprint density at radius 1 is 1.44 bits per heavy atom. The third-order valence-corrected chi connectivity index (χ3v) is 4.85. The van der Waals surface area contributed by atoms with Gasteiger partial charge in [-0.05, 0) is 32.0 Å². The number of sulfone groups is 1. The minimum atomic E-state index is -3.48. The summed E-state index contributed by atoms with van der Waals surface area (Å²) >= 11 is 3.08. The third-order valence-electron chi connectivity index (χ3n) is 2.26. The van der Waals surface area contributed by atoms with Gasteiger partial charge in [0.2, 0.25) is 5.91 Å². The third kappa shape index (κ3) is 4.06. The minimum absolute atomic E-state index is 0.0397. The largest absolute Gasteiger partial charge is 0.323 e. The first kappa shape index (κ1) is 15.1. The first-order chi connectivity index (χ1) is 8.22. The van der Waals surface area contributed by atoms with Crippen LogP contribution in [0.4, 0.5) is 10.1 Å². The molecule has 1 aromatic rings. The molecule has 0 bridgehead atoms. The van der Waals surface area contributed by atoms with Crippen LogP contribution in [0.25, 0.3) is 0 Å². The summed E-state index contributed by atoms with van der Waals surface area (Å²) in [7, 11) is -3.48. The molecule has 1 amide bonds. The lowest BCUT2D eigenvalue weighted by Crippen LogP contribution is -2.28. The topological polar surface area (TPSA) is 63.2 Å². The van der Waals surface area contributed by atoms with Gasteiger partial charge in [0.15, 0.2) is 9.84 Å². The highest BCUT2D eigenvalue weighted by atomic mass is 79.9. The van der Waals surface area contributed by atoms with E-state index in [1.54, 1.807) is 6.07 Å². The maximum Gasteiger partial charge on any atom is 0.239 e. The first-order valence-electron chi connectivity index (χ1n) is 5.19. The number of anilines is 1. The summed E-state index contributed by atoms with van der Waals surface area (Å²) in [5.74, 6) is -2.02. The zero-order valence-corrected chi connectivity index (χ0v) is 12.3. The minimum Gasteiger partial charge on any atom is -0.323 e. The smallest absolute Gasteiger partial charge is 0.239 e. The molecule has 0 atom stereocenters. The molecule has 100 valence electrons. The molecule has 7 heteroatoms. The highest BCUT2D eigenvalue weighted by molar-refractivity contribution is 9.10. The standard InChI is InChI=1S/C11H13BrFNO3S/c1-7(2)18(16,17)6-11(15)14-10-4-3-8(12)5-9(10)13/h3-5,7H,6H2,1-2H3,(H,14,15). The maximum atomic E-state index is 13.4. The van der Waals surface area contributed by atoms with E-state index in [0.717, 1.165) is 0 Å². The van der Waals surface area contributed by atoms with Gasteiger partial charge in [-0.15, -0.1) is 0 Å². The van der Waals surface area contributed by atoms with Crippen LogP contribution in [0, 0.1) is 5.82 Å². The lowest BCUT2D eigenvalue weighted by Gasteiger charge is -2.09. The Morgan fingerprint density at radius 2 is 2.06 bits per heavy atom. The summed E-state index contributed by atoms with van der Waals surface area (Å²) in [6.07, 6.45) is 0. The predicted octanol–water partition coefficient (Wildman–Crippen LogP) is 2.35. The van der Waals surface area contributed by atoms with Crippen LogP contribution in [-0.2, 0) is 14.6 Å². The second kappa shape index (κ2) is 5.79. The van der Waals surface area contributed by atoms with Gasteiger partial charge in [-0.1, -0.05) is 15.9 Å². The molecule has 0 fully saturated rings. The molecule has 0 saturated carbocycles. The van der Waals surface area contributed by atoms with Crippen LogP contribution in [0.5, 0.6) is 0 Å². The summed E-state index contributed by atoms with van der Waals surface area (Å²) in [5.41, 5.74) is -0.0397. The molecule has 4 nitrogen and oxygen atoms in total. The first-order valence-corrected chi connectivity index (χ1v) is 7.69. The zero-order valence-electron chi connectivity index (χ0n) is 9.91. The van der Waals surface area contributed by atoms with Gasteiger partial charge < -0.3 is 5.32 Å². The van der Waals surface area contributed by atoms with Crippen LogP contribution in [0.2, 0.25) is 0 Å². The quantitative estimate of drug-likeness (QED) is 0.917. The molecule has 0 aliphatic carbocycles. The molecule has 1 rings (SSSR count). The lowest BCUT2D eigenvalue weighted by atomic mass is 10.3. The highest BCUT2D eigenvalue weighted by Crippen LogP contribution is 2.19. The number of benzene rings is 1. The van der Waals surface area contributed by atoms with Crippen molar-refractivity contribution in [1.82, 2.24) is 0 Å². The van der Waals surface area contributed by atoms with Crippen molar-refractivity contribution in [3.8, 4) is 0 Å². The Bertz CT molecular complexity index is 557. The summed E-state index contributed by atoms with van der Waals surface area (Å²) in [5, 5.41) is 1.59. The fourth-order valence-corrected chi connectivity index (χ4v) is 2.23. The van der Waals surface area contributed by atoms with Gasteiger partial charge in [0.25, 0.3) is 0 Å². The molecule has 0 heterocycles. The van der Waals surface area contributed by atoms with Crippen molar-refractivity contribution in [2.24, 2.45) is 0 Å². The van der Waals surface area contributed by atoms with E-state index in [1.165, 1.54) is 26.0 Å². The molecular formula is C11H13BrFNO3S. The SMILES string of the molecule is CC(C)S(=O)(=O)CC(=O)Nc1ccc(Br)cc1F. The Kier molecular flexibility index (Phi) is 4.86. The van der Waals surface area contributed by atoms with Gasteiger partial charge in [0.1, 0.15) is 11.6 Å². The van der Waals surface area contributed by atoms with Gasteiger partial charge in [-0.25, -0.2) is 12.8 Å². The second-order valence-electron chi connectivity index (χ2n) is 4.03. The Balaban J connectivity index is 2.77. The molecule has 0 radical (unpaired) electrons. The van der Waals surface area contributed by atoms with Gasteiger partial charge in [-0.3, -0.25) is 4.79 Å². The van der Waals surface area contributed by atoms with Crippen molar-refractivity contribution >= 4 is 37.4 Å². The Labute approximate surface area is 114 Å². The number of halogens is 2. The molecular weight excluding hydrogens is 325 g/mol.